The second kappa shape index (κ2) is 7.02. The van der Waals surface area contributed by atoms with Crippen LogP contribution >= 0.6 is 0 Å². The van der Waals surface area contributed by atoms with E-state index >= 15 is 0 Å². The van der Waals surface area contributed by atoms with Gasteiger partial charge in [0, 0.05) is 17.7 Å². The van der Waals surface area contributed by atoms with Crippen molar-refractivity contribution in [3.05, 3.63) is 70.1 Å². The molecule has 2 aromatic carbocycles. The molecular formula is C16H14N4O5S. The molecule has 0 aliphatic heterocycles. The second-order valence-electron chi connectivity index (χ2n) is 5.41. The van der Waals surface area contributed by atoms with Crippen LogP contribution in [0.2, 0.25) is 0 Å². The Balaban J connectivity index is 1.76. The molecule has 9 nitrogen and oxygen atoms in total. The Morgan fingerprint density at radius 3 is 2.69 bits per heavy atom. The first-order valence-electron chi connectivity index (χ1n) is 7.49. The van der Waals surface area contributed by atoms with Gasteiger partial charge in [-0.2, -0.15) is 4.98 Å². The minimum absolute atomic E-state index is 0.0808. The number of aryl methyl sites for hydroxylation is 1. The lowest BCUT2D eigenvalue weighted by Crippen LogP contribution is -2.23. The van der Waals surface area contributed by atoms with E-state index in [0.717, 1.165) is 17.2 Å². The summed E-state index contributed by atoms with van der Waals surface area (Å²) in [4.78, 5) is 14.1. The molecule has 3 rings (SSSR count). The lowest BCUT2D eigenvalue weighted by molar-refractivity contribution is -0.385. The molecule has 0 spiro atoms. The van der Waals surface area contributed by atoms with Crippen molar-refractivity contribution >= 4 is 15.7 Å². The van der Waals surface area contributed by atoms with E-state index in [9.17, 15) is 18.5 Å². The minimum atomic E-state index is -3.96. The van der Waals surface area contributed by atoms with E-state index < -0.39 is 14.9 Å². The van der Waals surface area contributed by atoms with Gasteiger partial charge in [-0.05, 0) is 18.6 Å². The van der Waals surface area contributed by atoms with Crippen LogP contribution in [0.5, 0.6) is 0 Å². The van der Waals surface area contributed by atoms with E-state index in [0.29, 0.717) is 5.82 Å². The topological polar surface area (TPSA) is 128 Å². The molecule has 10 heteroatoms. The van der Waals surface area contributed by atoms with Gasteiger partial charge in [0.05, 0.1) is 16.4 Å². The fraction of sp³-hybridized carbons (Fsp3) is 0.125. The molecule has 1 aromatic heterocycles. The predicted octanol–water partition coefficient (Wildman–Crippen LogP) is 2.43. The molecule has 0 fully saturated rings. The maximum Gasteiger partial charge on any atom is 0.270 e. The first-order valence-corrected chi connectivity index (χ1v) is 8.98. The molecule has 0 bridgehead atoms. The van der Waals surface area contributed by atoms with Crippen LogP contribution in [0.4, 0.5) is 5.69 Å². The quantitative estimate of drug-likeness (QED) is 0.518. The molecule has 0 saturated carbocycles. The Morgan fingerprint density at radius 2 is 1.96 bits per heavy atom. The molecular weight excluding hydrogens is 360 g/mol. The number of aromatic nitrogens is 2. The molecule has 134 valence electrons. The van der Waals surface area contributed by atoms with Crippen molar-refractivity contribution in [3.63, 3.8) is 0 Å². The number of hydrogen-bond acceptors (Lipinski definition) is 7. The summed E-state index contributed by atoms with van der Waals surface area (Å²) in [7, 11) is -3.96. The fourth-order valence-corrected chi connectivity index (χ4v) is 3.28. The molecule has 0 atom stereocenters. The number of nitrogens with zero attached hydrogens (tertiary/aromatic N) is 3. The van der Waals surface area contributed by atoms with Gasteiger partial charge in [0.25, 0.3) is 5.69 Å². The monoisotopic (exact) mass is 374 g/mol. The number of benzene rings is 2. The maximum atomic E-state index is 12.3. The molecule has 26 heavy (non-hydrogen) atoms. The first-order chi connectivity index (χ1) is 12.4. The summed E-state index contributed by atoms with van der Waals surface area (Å²) in [6, 6.07) is 12.2. The zero-order chi connectivity index (χ0) is 18.7. The highest BCUT2D eigenvalue weighted by Crippen LogP contribution is 2.20. The summed E-state index contributed by atoms with van der Waals surface area (Å²) in [5, 5.41) is 14.6. The van der Waals surface area contributed by atoms with Gasteiger partial charge >= 0.3 is 0 Å². The van der Waals surface area contributed by atoms with Crippen molar-refractivity contribution in [2.75, 3.05) is 0 Å². The van der Waals surface area contributed by atoms with Crippen LogP contribution in [0, 0.1) is 17.0 Å². The van der Waals surface area contributed by atoms with Crippen molar-refractivity contribution in [3.8, 4) is 11.4 Å². The molecule has 0 amide bonds. The average Bonchev–Trinajstić information content (AvgIpc) is 3.09. The number of nitrogens with one attached hydrogen (secondary N) is 1. The van der Waals surface area contributed by atoms with E-state index in [2.05, 4.69) is 14.9 Å². The van der Waals surface area contributed by atoms with Crippen LogP contribution in [0.3, 0.4) is 0 Å². The largest absolute Gasteiger partial charge is 0.338 e. The van der Waals surface area contributed by atoms with Crippen molar-refractivity contribution in [2.45, 2.75) is 18.4 Å². The number of nitro benzene ring substituents is 1. The average molecular weight is 374 g/mol. The minimum Gasteiger partial charge on any atom is -0.338 e. The van der Waals surface area contributed by atoms with Gasteiger partial charge in [-0.15, -0.1) is 0 Å². The molecule has 3 aromatic rings. The van der Waals surface area contributed by atoms with Gasteiger partial charge in [0.15, 0.2) is 0 Å². The van der Waals surface area contributed by atoms with Gasteiger partial charge in [-0.3, -0.25) is 10.1 Å². The first kappa shape index (κ1) is 17.7. The molecule has 0 unspecified atom stereocenters. The van der Waals surface area contributed by atoms with Crippen LogP contribution in [0.25, 0.3) is 11.4 Å². The van der Waals surface area contributed by atoms with Crippen molar-refractivity contribution in [1.29, 1.82) is 0 Å². The number of non-ortho nitro benzene ring substituents is 1. The molecule has 1 heterocycles. The van der Waals surface area contributed by atoms with E-state index in [1.807, 2.05) is 31.2 Å². The van der Waals surface area contributed by atoms with Crippen LogP contribution < -0.4 is 4.72 Å². The molecule has 0 saturated heterocycles. The van der Waals surface area contributed by atoms with Crippen LogP contribution in [-0.2, 0) is 16.6 Å². The Bertz CT molecular complexity index is 1060. The van der Waals surface area contributed by atoms with Crippen molar-refractivity contribution < 1.29 is 17.9 Å². The lowest BCUT2D eigenvalue weighted by atomic mass is 10.1. The second-order valence-corrected chi connectivity index (χ2v) is 7.17. The Kier molecular flexibility index (Phi) is 4.78. The van der Waals surface area contributed by atoms with Crippen molar-refractivity contribution in [2.24, 2.45) is 0 Å². The standard InChI is InChI=1S/C16H14N4O5S/c1-11-5-2-3-8-14(11)16-18-15(25-19-16)10-17-26(23,24)13-7-4-6-12(9-13)20(21)22/h2-9,17H,10H2,1H3. The lowest BCUT2D eigenvalue weighted by Gasteiger charge is -2.04. The number of nitro groups is 1. The zero-order valence-corrected chi connectivity index (χ0v) is 14.4. The normalized spacial score (nSPS) is 11.4. The predicted molar refractivity (Wildman–Crippen MR) is 91.6 cm³/mol. The Labute approximate surface area is 148 Å². The Hall–Kier alpha value is -3.11. The van der Waals surface area contributed by atoms with Crippen LogP contribution in [0.1, 0.15) is 11.5 Å². The third kappa shape index (κ3) is 3.76. The van der Waals surface area contributed by atoms with E-state index in [-0.39, 0.29) is 23.0 Å². The van der Waals surface area contributed by atoms with Crippen LogP contribution in [-0.4, -0.2) is 23.5 Å². The summed E-state index contributed by atoms with van der Waals surface area (Å²) < 4.78 is 31.9. The van der Waals surface area contributed by atoms with E-state index in [4.69, 9.17) is 4.52 Å². The van der Waals surface area contributed by atoms with Crippen LogP contribution in [0.15, 0.2) is 57.9 Å². The highest BCUT2D eigenvalue weighted by atomic mass is 32.2. The zero-order valence-electron chi connectivity index (χ0n) is 13.6. The summed E-state index contributed by atoms with van der Waals surface area (Å²) in [6.45, 7) is 1.67. The highest BCUT2D eigenvalue weighted by molar-refractivity contribution is 7.89. The number of rotatable bonds is 6. The fourth-order valence-electron chi connectivity index (χ4n) is 2.26. The third-order valence-corrected chi connectivity index (χ3v) is 5.01. The van der Waals surface area contributed by atoms with Gasteiger partial charge in [0.1, 0.15) is 0 Å². The molecule has 0 aliphatic rings. The smallest absolute Gasteiger partial charge is 0.270 e. The summed E-state index contributed by atoms with van der Waals surface area (Å²) in [5.74, 6) is 0.435. The molecule has 0 radical (unpaired) electrons. The number of sulfonamides is 1. The SMILES string of the molecule is Cc1ccccc1-c1noc(CNS(=O)(=O)c2cccc([N+](=O)[O-])c2)n1. The highest BCUT2D eigenvalue weighted by Gasteiger charge is 2.19. The summed E-state index contributed by atoms with van der Waals surface area (Å²) >= 11 is 0. The molecule has 0 aliphatic carbocycles. The molecule has 1 N–H and O–H groups in total. The maximum absolute atomic E-state index is 12.3. The van der Waals surface area contributed by atoms with Gasteiger partial charge < -0.3 is 4.52 Å². The van der Waals surface area contributed by atoms with E-state index in [1.54, 1.807) is 0 Å². The Morgan fingerprint density at radius 1 is 1.19 bits per heavy atom. The van der Waals surface area contributed by atoms with Crippen molar-refractivity contribution in [1.82, 2.24) is 14.9 Å². The summed E-state index contributed by atoms with van der Waals surface area (Å²) in [6.07, 6.45) is 0. The van der Waals surface area contributed by atoms with Gasteiger partial charge in [0.2, 0.25) is 21.7 Å². The third-order valence-electron chi connectivity index (χ3n) is 3.61. The summed E-state index contributed by atoms with van der Waals surface area (Å²) in [5.41, 5.74) is 1.42. The van der Waals surface area contributed by atoms with Gasteiger partial charge in [-0.1, -0.05) is 35.5 Å². The van der Waals surface area contributed by atoms with Gasteiger partial charge in [-0.25, -0.2) is 13.1 Å². The van der Waals surface area contributed by atoms with E-state index in [1.165, 1.54) is 18.2 Å². The number of hydrogen-bond donors (Lipinski definition) is 1.